The first kappa shape index (κ1) is 12.5. The first-order valence-electron chi connectivity index (χ1n) is 6.69. The van der Waals surface area contributed by atoms with Gasteiger partial charge in [-0.15, -0.1) is 11.3 Å². The molecule has 4 nitrogen and oxygen atoms in total. The normalized spacial score (nSPS) is 30.9. The summed E-state index contributed by atoms with van der Waals surface area (Å²) in [7, 11) is 2.20. The summed E-state index contributed by atoms with van der Waals surface area (Å²) in [6, 6.07) is 0. The van der Waals surface area contributed by atoms with Crippen LogP contribution in [0.15, 0.2) is 11.6 Å². The van der Waals surface area contributed by atoms with Crippen molar-refractivity contribution in [3.8, 4) is 0 Å². The predicted molar refractivity (Wildman–Crippen MR) is 72.8 cm³/mol. The molecule has 1 spiro atoms. The van der Waals surface area contributed by atoms with Gasteiger partial charge < -0.3 is 9.64 Å². The standard InChI is InChI=1S/C13H21N3OS/c1-15-5-2-3-13(10-15)11-16(6-7-17-13)9-12-14-4-8-18-12/h4,8H,2-3,5-7,9-11H2,1H3/t13-/m1/s1. The fraction of sp³-hybridized carbons (Fsp3) is 0.769. The number of hydrogen-bond acceptors (Lipinski definition) is 5. The molecular formula is C13H21N3OS. The van der Waals surface area contributed by atoms with E-state index in [1.54, 1.807) is 11.3 Å². The molecule has 0 aliphatic carbocycles. The van der Waals surface area contributed by atoms with Gasteiger partial charge in [-0.1, -0.05) is 0 Å². The zero-order valence-corrected chi connectivity index (χ0v) is 11.8. The van der Waals surface area contributed by atoms with Crippen LogP contribution in [0.4, 0.5) is 0 Å². The first-order valence-corrected chi connectivity index (χ1v) is 7.57. The molecule has 0 radical (unpaired) electrons. The zero-order valence-electron chi connectivity index (χ0n) is 11.0. The molecule has 0 unspecified atom stereocenters. The largest absolute Gasteiger partial charge is 0.371 e. The highest BCUT2D eigenvalue weighted by molar-refractivity contribution is 7.09. The van der Waals surface area contributed by atoms with E-state index < -0.39 is 0 Å². The monoisotopic (exact) mass is 267 g/mol. The van der Waals surface area contributed by atoms with E-state index in [-0.39, 0.29) is 5.60 Å². The van der Waals surface area contributed by atoms with Crippen LogP contribution in [0.1, 0.15) is 17.8 Å². The Labute approximate surface area is 113 Å². The minimum Gasteiger partial charge on any atom is -0.371 e. The highest BCUT2D eigenvalue weighted by Gasteiger charge is 2.39. The Morgan fingerprint density at radius 3 is 3.17 bits per heavy atom. The van der Waals surface area contributed by atoms with Crippen LogP contribution in [0.2, 0.25) is 0 Å². The van der Waals surface area contributed by atoms with Crippen LogP contribution in [0.5, 0.6) is 0 Å². The van der Waals surface area contributed by atoms with Crippen LogP contribution >= 0.6 is 11.3 Å². The maximum absolute atomic E-state index is 6.13. The van der Waals surface area contributed by atoms with Gasteiger partial charge in [0.05, 0.1) is 18.8 Å². The fourth-order valence-electron chi connectivity index (χ4n) is 3.15. The van der Waals surface area contributed by atoms with Crippen molar-refractivity contribution < 1.29 is 4.74 Å². The third kappa shape index (κ3) is 2.74. The third-order valence-electron chi connectivity index (χ3n) is 3.90. The SMILES string of the molecule is CN1CCC[C@@]2(C1)CN(Cc1nccs1)CCO2. The summed E-state index contributed by atoms with van der Waals surface area (Å²) in [5.74, 6) is 0. The zero-order chi connectivity index (χ0) is 12.4. The van der Waals surface area contributed by atoms with Gasteiger partial charge in [0.25, 0.3) is 0 Å². The van der Waals surface area contributed by atoms with E-state index in [1.165, 1.54) is 24.4 Å². The van der Waals surface area contributed by atoms with Gasteiger partial charge in [0.1, 0.15) is 5.01 Å². The number of nitrogens with zero attached hydrogens (tertiary/aromatic N) is 3. The highest BCUT2D eigenvalue weighted by Crippen LogP contribution is 2.29. The van der Waals surface area contributed by atoms with Crippen LogP contribution < -0.4 is 0 Å². The minimum absolute atomic E-state index is 0.0719. The number of morpholine rings is 1. The molecule has 0 saturated carbocycles. The third-order valence-corrected chi connectivity index (χ3v) is 4.66. The van der Waals surface area contributed by atoms with Crippen LogP contribution in [0.3, 0.4) is 0 Å². The topological polar surface area (TPSA) is 28.6 Å². The summed E-state index contributed by atoms with van der Waals surface area (Å²) < 4.78 is 6.13. The van der Waals surface area contributed by atoms with E-state index in [9.17, 15) is 0 Å². The number of likely N-dealkylation sites (tertiary alicyclic amines) is 1. The van der Waals surface area contributed by atoms with Crippen molar-refractivity contribution in [2.24, 2.45) is 0 Å². The van der Waals surface area contributed by atoms with Crippen molar-refractivity contribution in [1.29, 1.82) is 0 Å². The number of thiazole rings is 1. The molecule has 2 aliphatic rings. The van der Waals surface area contributed by atoms with Crippen molar-refractivity contribution in [2.75, 3.05) is 39.8 Å². The Balaban J connectivity index is 1.64. The molecule has 0 amide bonds. The second-order valence-electron chi connectivity index (χ2n) is 5.51. The molecule has 2 fully saturated rings. The Hall–Kier alpha value is -0.490. The molecule has 1 aromatic rings. The number of likely N-dealkylation sites (N-methyl/N-ethyl adjacent to an activating group) is 1. The highest BCUT2D eigenvalue weighted by atomic mass is 32.1. The minimum atomic E-state index is 0.0719. The van der Waals surface area contributed by atoms with Crippen LogP contribution in [-0.4, -0.2) is 60.2 Å². The van der Waals surface area contributed by atoms with Gasteiger partial charge in [-0.25, -0.2) is 4.98 Å². The van der Waals surface area contributed by atoms with E-state index in [4.69, 9.17) is 4.74 Å². The van der Waals surface area contributed by atoms with Gasteiger partial charge in [0, 0.05) is 31.2 Å². The molecule has 1 aromatic heterocycles. The lowest BCUT2D eigenvalue weighted by atomic mass is 9.91. The molecule has 18 heavy (non-hydrogen) atoms. The van der Waals surface area contributed by atoms with E-state index in [1.807, 2.05) is 6.20 Å². The fourth-order valence-corrected chi connectivity index (χ4v) is 3.81. The molecule has 5 heteroatoms. The molecule has 0 N–H and O–H groups in total. The van der Waals surface area contributed by atoms with Crippen LogP contribution in [0.25, 0.3) is 0 Å². The summed E-state index contributed by atoms with van der Waals surface area (Å²) in [5, 5.41) is 3.27. The number of piperidine rings is 1. The Bertz CT molecular complexity index is 380. The molecular weight excluding hydrogens is 246 g/mol. The van der Waals surface area contributed by atoms with Crippen molar-refractivity contribution >= 4 is 11.3 Å². The quantitative estimate of drug-likeness (QED) is 0.811. The van der Waals surface area contributed by atoms with Gasteiger partial charge in [0.15, 0.2) is 0 Å². The summed E-state index contributed by atoms with van der Waals surface area (Å²) in [5.41, 5.74) is 0.0719. The maximum atomic E-state index is 6.13. The Kier molecular flexibility index (Phi) is 3.66. The predicted octanol–water partition coefficient (Wildman–Crippen LogP) is 1.44. The smallest absolute Gasteiger partial charge is 0.107 e. The number of rotatable bonds is 2. The van der Waals surface area contributed by atoms with E-state index in [2.05, 4.69) is 27.2 Å². The van der Waals surface area contributed by atoms with Gasteiger partial charge in [-0.3, -0.25) is 4.90 Å². The number of hydrogen-bond donors (Lipinski definition) is 0. The lowest BCUT2D eigenvalue weighted by Gasteiger charge is -2.47. The molecule has 0 aromatic carbocycles. The molecule has 3 heterocycles. The number of aromatic nitrogens is 1. The van der Waals surface area contributed by atoms with E-state index in [0.717, 1.165) is 32.8 Å². The molecule has 2 saturated heterocycles. The molecule has 100 valence electrons. The summed E-state index contributed by atoms with van der Waals surface area (Å²) in [6.45, 7) is 6.20. The average Bonchev–Trinajstić information content (AvgIpc) is 2.81. The Morgan fingerprint density at radius 1 is 1.44 bits per heavy atom. The van der Waals surface area contributed by atoms with Crippen LogP contribution in [0, 0.1) is 0 Å². The van der Waals surface area contributed by atoms with Gasteiger partial charge >= 0.3 is 0 Å². The van der Waals surface area contributed by atoms with E-state index >= 15 is 0 Å². The van der Waals surface area contributed by atoms with Gasteiger partial charge in [-0.05, 0) is 26.4 Å². The summed E-state index contributed by atoms with van der Waals surface area (Å²) >= 11 is 1.75. The second-order valence-corrected chi connectivity index (χ2v) is 6.49. The molecule has 2 aliphatic heterocycles. The van der Waals surface area contributed by atoms with Crippen molar-refractivity contribution in [1.82, 2.24) is 14.8 Å². The summed E-state index contributed by atoms with van der Waals surface area (Å²) in [6.07, 6.45) is 4.35. The molecule has 3 rings (SSSR count). The molecule has 1 atom stereocenters. The van der Waals surface area contributed by atoms with Crippen LogP contribution in [-0.2, 0) is 11.3 Å². The Morgan fingerprint density at radius 2 is 2.39 bits per heavy atom. The van der Waals surface area contributed by atoms with E-state index in [0.29, 0.717) is 0 Å². The summed E-state index contributed by atoms with van der Waals surface area (Å²) in [4.78, 5) is 9.29. The second kappa shape index (κ2) is 5.25. The average molecular weight is 267 g/mol. The van der Waals surface area contributed by atoms with Gasteiger partial charge in [0.2, 0.25) is 0 Å². The first-order chi connectivity index (χ1) is 8.76. The molecule has 0 bridgehead atoms. The lowest BCUT2D eigenvalue weighted by Crippen LogP contribution is -2.58. The van der Waals surface area contributed by atoms with Crippen molar-refractivity contribution in [3.05, 3.63) is 16.6 Å². The lowest BCUT2D eigenvalue weighted by molar-refractivity contribution is -0.138. The van der Waals surface area contributed by atoms with Gasteiger partial charge in [-0.2, -0.15) is 0 Å². The number of ether oxygens (including phenoxy) is 1. The van der Waals surface area contributed by atoms with Crippen molar-refractivity contribution in [3.63, 3.8) is 0 Å². The maximum Gasteiger partial charge on any atom is 0.107 e. The van der Waals surface area contributed by atoms with Crippen molar-refractivity contribution in [2.45, 2.75) is 25.0 Å².